The summed E-state index contributed by atoms with van der Waals surface area (Å²) in [7, 11) is 0. The summed E-state index contributed by atoms with van der Waals surface area (Å²) in [4.78, 5) is 7.63. The van der Waals surface area contributed by atoms with Crippen LogP contribution < -0.4 is 9.64 Å². The molecule has 0 fully saturated rings. The predicted octanol–water partition coefficient (Wildman–Crippen LogP) is 17.2. The quantitative estimate of drug-likeness (QED) is 0.162. The summed E-state index contributed by atoms with van der Waals surface area (Å²) in [6.45, 7) is 6.87. The van der Waals surface area contributed by atoms with Crippen molar-refractivity contribution in [2.45, 2.75) is 26.2 Å². The lowest BCUT2D eigenvalue weighted by Gasteiger charge is -2.34. The summed E-state index contributed by atoms with van der Waals surface area (Å²) in [6.07, 6.45) is 0. The number of anilines is 3. The average molecular weight is 838 g/mol. The molecule has 13 aromatic rings. The molecule has 0 saturated heterocycles. The summed E-state index contributed by atoms with van der Waals surface area (Å²) < 4.78 is 12.1. The van der Waals surface area contributed by atoms with Crippen molar-refractivity contribution >= 4 is 119 Å². The van der Waals surface area contributed by atoms with Gasteiger partial charge in [-0.3, -0.25) is 4.40 Å². The molecule has 1 aliphatic rings. The Kier molecular flexibility index (Phi) is 7.23. The fourth-order valence-electron chi connectivity index (χ4n) is 10.5. The molecule has 0 amide bonds. The molecule has 3 aromatic heterocycles. The number of rotatable bonds is 2. The van der Waals surface area contributed by atoms with E-state index in [1.807, 2.05) is 11.3 Å². The van der Waals surface area contributed by atoms with Crippen LogP contribution >= 0.6 is 11.3 Å². The number of thiophene rings is 1. The standard InChI is InChI=1S/C59H39N3OS/c1-59(2,3)36-22-25-40-45(30-36)38-12-4-5-13-39(38)47-32-53-55(33-48(40)47)63-54-28-34(35-20-24-43-42-15-7-11-19-56(42)64-57(43)29-35)21-27-52(54)61(53)37-23-26-44-46(31-37)41-14-6-9-17-50(41)62-51-18-10-8-16-49(51)60-58(44)62/h4-33H,1-3H3. The second kappa shape index (κ2) is 12.9. The summed E-state index contributed by atoms with van der Waals surface area (Å²) in [6, 6.07) is 66.9. The number of para-hydroxylation sites is 3. The first-order valence-electron chi connectivity index (χ1n) is 22.0. The van der Waals surface area contributed by atoms with E-state index in [4.69, 9.17) is 9.72 Å². The first kappa shape index (κ1) is 35.8. The van der Waals surface area contributed by atoms with Crippen LogP contribution in [0.2, 0.25) is 0 Å². The Balaban J connectivity index is 1.03. The zero-order valence-electron chi connectivity index (χ0n) is 35.5. The highest BCUT2D eigenvalue weighted by Gasteiger charge is 2.29. The Morgan fingerprint density at radius 3 is 1.89 bits per heavy atom. The van der Waals surface area contributed by atoms with Crippen molar-refractivity contribution in [3.05, 3.63) is 188 Å². The minimum absolute atomic E-state index is 0.0225. The zero-order chi connectivity index (χ0) is 42.4. The predicted molar refractivity (Wildman–Crippen MR) is 272 cm³/mol. The highest BCUT2D eigenvalue weighted by molar-refractivity contribution is 7.25. The van der Waals surface area contributed by atoms with Gasteiger partial charge in [-0.15, -0.1) is 11.3 Å². The van der Waals surface area contributed by atoms with E-state index in [-0.39, 0.29) is 5.41 Å². The fourth-order valence-corrected chi connectivity index (χ4v) is 11.7. The van der Waals surface area contributed by atoms with Crippen LogP contribution in [0, 0.1) is 0 Å². The first-order chi connectivity index (χ1) is 31.3. The van der Waals surface area contributed by atoms with Gasteiger partial charge in [-0.05, 0) is 139 Å². The molecule has 10 aromatic carbocycles. The maximum absolute atomic E-state index is 7.17. The Morgan fingerprint density at radius 1 is 0.438 bits per heavy atom. The van der Waals surface area contributed by atoms with Gasteiger partial charge in [-0.25, -0.2) is 4.98 Å². The van der Waals surface area contributed by atoms with E-state index in [1.165, 1.54) is 69.0 Å². The van der Waals surface area contributed by atoms with E-state index >= 15 is 0 Å². The Labute approximate surface area is 372 Å². The molecule has 1 aliphatic heterocycles. The molecule has 5 heteroatoms. The van der Waals surface area contributed by atoms with Crippen molar-refractivity contribution in [2.24, 2.45) is 0 Å². The number of nitrogens with zero attached hydrogens (tertiary/aromatic N) is 3. The van der Waals surface area contributed by atoms with Crippen molar-refractivity contribution in [2.75, 3.05) is 4.90 Å². The third-order valence-corrected chi connectivity index (χ3v) is 14.8. The minimum Gasteiger partial charge on any atom is -0.453 e. The molecule has 0 aliphatic carbocycles. The van der Waals surface area contributed by atoms with E-state index in [0.29, 0.717) is 0 Å². The summed E-state index contributed by atoms with van der Waals surface area (Å²) in [5.74, 6) is 1.65. The molecule has 14 rings (SSSR count). The summed E-state index contributed by atoms with van der Waals surface area (Å²) in [5.41, 5.74) is 10.9. The van der Waals surface area contributed by atoms with E-state index in [2.05, 4.69) is 212 Å². The number of imidazole rings is 1. The normalized spacial score (nSPS) is 13.0. The average Bonchev–Trinajstić information content (AvgIpc) is 3.91. The fraction of sp³-hybridized carbons (Fsp3) is 0.0678. The van der Waals surface area contributed by atoms with Gasteiger partial charge in [0.05, 0.1) is 27.9 Å². The SMILES string of the molecule is CC(C)(C)c1ccc2c(c1)c1ccccc1c1cc3c(cc21)Oc1cc(-c2ccc4c(c2)sc2ccccc24)ccc1N3c1ccc2c(c1)c1ccccc1n1c3ccccc3nc21. The van der Waals surface area contributed by atoms with E-state index < -0.39 is 0 Å². The Morgan fingerprint density at radius 2 is 1.05 bits per heavy atom. The minimum atomic E-state index is 0.0225. The lowest BCUT2D eigenvalue weighted by molar-refractivity contribution is 0.478. The second-order valence-corrected chi connectivity index (χ2v) is 19.4. The first-order valence-corrected chi connectivity index (χ1v) is 22.8. The number of pyridine rings is 1. The molecular weight excluding hydrogens is 799 g/mol. The smallest absolute Gasteiger partial charge is 0.152 e. The van der Waals surface area contributed by atoms with Gasteiger partial charge in [0, 0.05) is 36.6 Å². The van der Waals surface area contributed by atoms with E-state index in [0.717, 1.165) is 67.1 Å². The van der Waals surface area contributed by atoms with Gasteiger partial charge < -0.3 is 9.64 Å². The topological polar surface area (TPSA) is 29.8 Å². The van der Waals surface area contributed by atoms with Crippen LogP contribution in [-0.2, 0) is 5.41 Å². The number of fused-ring (bicyclic) bond motifs is 19. The zero-order valence-corrected chi connectivity index (χ0v) is 36.3. The van der Waals surface area contributed by atoms with Crippen LogP contribution in [0.15, 0.2) is 182 Å². The molecule has 302 valence electrons. The van der Waals surface area contributed by atoms with Gasteiger partial charge in [-0.1, -0.05) is 124 Å². The number of benzene rings is 10. The van der Waals surface area contributed by atoms with Crippen molar-refractivity contribution in [1.29, 1.82) is 0 Å². The highest BCUT2D eigenvalue weighted by atomic mass is 32.1. The Hall–Kier alpha value is -7.73. The van der Waals surface area contributed by atoms with Crippen LogP contribution in [0.5, 0.6) is 11.5 Å². The number of hydrogen-bond acceptors (Lipinski definition) is 4. The molecule has 4 heterocycles. The number of ether oxygens (including phenoxy) is 1. The number of hydrogen-bond donors (Lipinski definition) is 0. The van der Waals surface area contributed by atoms with Gasteiger partial charge in [0.25, 0.3) is 0 Å². The number of aromatic nitrogens is 2. The lowest BCUT2D eigenvalue weighted by atomic mass is 9.84. The molecule has 0 bridgehead atoms. The van der Waals surface area contributed by atoms with E-state index in [1.54, 1.807) is 0 Å². The van der Waals surface area contributed by atoms with Crippen LogP contribution in [0.1, 0.15) is 26.3 Å². The van der Waals surface area contributed by atoms with Crippen molar-refractivity contribution in [3.8, 4) is 22.6 Å². The molecule has 64 heavy (non-hydrogen) atoms. The maximum atomic E-state index is 7.17. The van der Waals surface area contributed by atoms with E-state index in [9.17, 15) is 0 Å². The largest absolute Gasteiger partial charge is 0.453 e. The molecule has 0 unspecified atom stereocenters. The van der Waals surface area contributed by atoms with Crippen molar-refractivity contribution < 1.29 is 4.74 Å². The summed E-state index contributed by atoms with van der Waals surface area (Å²) in [5, 5.41) is 13.4. The highest BCUT2D eigenvalue weighted by Crippen LogP contribution is 2.54. The third kappa shape index (κ3) is 5.07. The van der Waals surface area contributed by atoms with Crippen LogP contribution in [-0.4, -0.2) is 9.38 Å². The molecule has 0 N–H and O–H groups in total. The van der Waals surface area contributed by atoms with Crippen molar-refractivity contribution in [3.63, 3.8) is 0 Å². The van der Waals surface area contributed by atoms with Crippen LogP contribution in [0.25, 0.3) is 102 Å². The maximum Gasteiger partial charge on any atom is 0.152 e. The molecule has 0 atom stereocenters. The molecule has 0 radical (unpaired) electrons. The van der Waals surface area contributed by atoms with Crippen LogP contribution in [0.4, 0.5) is 17.1 Å². The Bertz CT molecular complexity index is 4170. The van der Waals surface area contributed by atoms with Gasteiger partial charge in [-0.2, -0.15) is 0 Å². The lowest BCUT2D eigenvalue weighted by Crippen LogP contribution is -2.16. The molecule has 0 spiro atoms. The molecular formula is C59H39N3OS. The second-order valence-electron chi connectivity index (χ2n) is 18.4. The van der Waals surface area contributed by atoms with Gasteiger partial charge in [0.1, 0.15) is 5.65 Å². The molecule has 4 nitrogen and oxygen atoms in total. The van der Waals surface area contributed by atoms with Crippen LogP contribution in [0.3, 0.4) is 0 Å². The van der Waals surface area contributed by atoms with Gasteiger partial charge >= 0.3 is 0 Å². The summed E-state index contributed by atoms with van der Waals surface area (Å²) >= 11 is 1.85. The van der Waals surface area contributed by atoms with Gasteiger partial charge in [0.15, 0.2) is 11.5 Å². The van der Waals surface area contributed by atoms with Crippen molar-refractivity contribution in [1.82, 2.24) is 9.38 Å². The third-order valence-electron chi connectivity index (χ3n) is 13.7. The monoisotopic (exact) mass is 837 g/mol. The molecule has 0 saturated carbocycles. The van der Waals surface area contributed by atoms with Gasteiger partial charge in [0.2, 0.25) is 0 Å².